The maximum Gasteiger partial charge on any atom is 0.322 e. The molecule has 31 heavy (non-hydrogen) atoms. The molecule has 1 aliphatic heterocycles. The Balaban J connectivity index is 1.35. The fraction of sp³-hybridized carbons (Fsp3) is 0.458. The van der Waals surface area contributed by atoms with E-state index in [0.29, 0.717) is 23.5 Å². The highest BCUT2D eigenvalue weighted by molar-refractivity contribution is 7.90. The standard InChI is InChI=1S/C24H30N2O4S/c1-31(28,29)22-15-13-21(14-16-22)30-20-11-9-19(10-12-20)25-24(27)26-17-5-8-23(26)18-6-3-2-4-7-18/h9-16,18,23H,2-8,17H2,1H3,(H,25,27). The third kappa shape index (κ3) is 5.39. The van der Waals surface area contributed by atoms with Crippen LogP contribution < -0.4 is 10.1 Å². The predicted octanol–water partition coefficient (Wildman–Crippen LogP) is 5.46. The van der Waals surface area contributed by atoms with Gasteiger partial charge in [0.2, 0.25) is 0 Å². The number of ether oxygens (including phenoxy) is 1. The number of amides is 2. The number of hydrogen-bond donors (Lipinski definition) is 1. The van der Waals surface area contributed by atoms with Crippen LogP contribution in [0.2, 0.25) is 0 Å². The molecule has 0 aromatic heterocycles. The van der Waals surface area contributed by atoms with Crippen LogP contribution in [0.15, 0.2) is 53.4 Å². The Kier molecular flexibility index (Phi) is 6.51. The van der Waals surface area contributed by atoms with Gasteiger partial charge in [-0.1, -0.05) is 19.3 Å². The third-order valence-electron chi connectivity index (χ3n) is 6.35. The first-order valence-electron chi connectivity index (χ1n) is 11.1. The SMILES string of the molecule is CS(=O)(=O)c1ccc(Oc2ccc(NC(=O)N3CCCC3C3CCCCC3)cc2)cc1. The lowest BCUT2D eigenvalue weighted by atomic mass is 9.83. The molecule has 6 nitrogen and oxygen atoms in total. The number of carbonyl (C=O) groups is 1. The monoisotopic (exact) mass is 442 g/mol. The summed E-state index contributed by atoms with van der Waals surface area (Å²) in [6.07, 6.45) is 9.75. The van der Waals surface area contributed by atoms with Gasteiger partial charge in [-0.15, -0.1) is 0 Å². The van der Waals surface area contributed by atoms with Gasteiger partial charge >= 0.3 is 6.03 Å². The number of likely N-dealkylation sites (tertiary alicyclic amines) is 1. The number of anilines is 1. The largest absolute Gasteiger partial charge is 0.457 e. The molecule has 1 aliphatic carbocycles. The second kappa shape index (κ2) is 9.30. The van der Waals surface area contributed by atoms with Crippen molar-refractivity contribution in [3.05, 3.63) is 48.5 Å². The van der Waals surface area contributed by atoms with Crippen LogP contribution in [0.5, 0.6) is 11.5 Å². The number of hydrogen-bond acceptors (Lipinski definition) is 4. The zero-order valence-corrected chi connectivity index (χ0v) is 18.7. The molecular weight excluding hydrogens is 412 g/mol. The number of nitrogens with one attached hydrogen (secondary N) is 1. The Morgan fingerprint density at radius 2 is 1.52 bits per heavy atom. The lowest BCUT2D eigenvalue weighted by molar-refractivity contribution is 0.166. The first-order valence-corrected chi connectivity index (χ1v) is 12.9. The van der Waals surface area contributed by atoms with Crippen LogP contribution in [0.4, 0.5) is 10.5 Å². The normalized spacial score (nSPS) is 19.9. The molecule has 166 valence electrons. The van der Waals surface area contributed by atoms with Gasteiger partial charge in [0.15, 0.2) is 9.84 Å². The highest BCUT2D eigenvalue weighted by Crippen LogP contribution is 2.34. The van der Waals surface area contributed by atoms with Crippen molar-refractivity contribution in [2.75, 3.05) is 18.1 Å². The second-order valence-corrected chi connectivity index (χ2v) is 10.6. The molecule has 1 N–H and O–H groups in total. The number of rotatable bonds is 5. The fourth-order valence-corrected chi connectivity index (χ4v) is 5.38. The van der Waals surface area contributed by atoms with Crippen molar-refractivity contribution >= 4 is 21.6 Å². The lowest BCUT2D eigenvalue weighted by Crippen LogP contribution is -2.43. The number of nitrogens with zero attached hydrogens (tertiary/aromatic N) is 1. The molecule has 0 radical (unpaired) electrons. The van der Waals surface area contributed by atoms with Crippen molar-refractivity contribution < 1.29 is 17.9 Å². The Morgan fingerprint density at radius 3 is 2.13 bits per heavy atom. The topological polar surface area (TPSA) is 75.7 Å². The molecule has 0 spiro atoms. The first-order chi connectivity index (χ1) is 14.9. The second-order valence-electron chi connectivity index (χ2n) is 8.60. The quantitative estimate of drug-likeness (QED) is 0.667. The van der Waals surface area contributed by atoms with Crippen molar-refractivity contribution in [1.29, 1.82) is 0 Å². The van der Waals surface area contributed by atoms with Crippen LogP contribution in [0, 0.1) is 5.92 Å². The average molecular weight is 443 g/mol. The Morgan fingerprint density at radius 1 is 0.903 bits per heavy atom. The molecule has 1 unspecified atom stereocenters. The van der Waals surface area contributed by atoms with Crippen molar-refractivity contribution in [2.45, 2.75) is 55.9 Å². The van der Waals surface area contributed by atoms with Gasteiger partial charge in [-0.2, -0.15) is 0 Å². The molecule has 1 heterocycles. The van der Waals surface area contributed by atoms with Gasteiger partial charge in [-0.25, -0.2) is 13.2 Å². The maximum atomic E-state index is 12.9. The molecule has 7 heteroatoms. The molecule has 0 bridgehead atoms. The summed E-state index contributed by atoms with van der Waals surface area (Å²) < 4.78 is 28.9. The fourth-order valence-electron chi connectivity index (χ4n) is 4.75. The molecule has 2 fully saturated rings. The van der Waals surface area contributed by atoms with E-state index in [2.05, 4.69) is 5.32 Å². The summed E-state index contributed by atoms with van der Waals surface area (Å²) in [7, 11) is -3.23. The van der Waals surface area contributed by atoms with E-state index in [4.69, 9.17) is 4.74 Å². The molecule has 4 rings (SSSR count). The van der Waals surface area contributed by atoms with E-state index in [9.17, 15) is 13.2 Å². The molecule has 2 aromatic rings. The van der Waals surface area contributed by atoms with E-state index in [1.807, 2.05) is 17.0 Å². The van der Waals surface area contributed by atoms with E-state index >= 15 is 0 Å². The number of sulfone groups is 1. The van der Waals surface area contributed by atoms with Gasteiger partial charge < -0.3 is 15.0 Å². The van der Waals surface area contributed by atoms with Crippen LogP contribution in [0.25, 0.3) is 0 Å². The molecule has 2 aliphatic rings. The molecule has 2 amide bonds. The summed E-state index contributed by atoms with van der Waals surface area (Å²) in [6.45, 7) is 0.831. The summed E-state index contributed by atoms with van der Waals surface area (Å²) in [6, 6.07) is 13.9. The number of urea groups is 1. The lowest BCUT2D eigenvalue weighted by Gasteiger charge is -2.34. The molecule has 1 atom stereocenters. The van der Waals surface area contributed by atoms with Crippen LogP contribution in [-0.2, 0) is 9.84 Å². The van der Waals surface area contributed by atoms with Crippen molar-refractivity contribution in [1.82, 2.24) is 4.90 Å². The highest BCUT2D eigenvalue weighted by atomic mass is 32.2. The minimum Gasteiger partial charge on any atom is -0.457 e. The van der Waals surface area contributed by atoms with Gasteiger partial charge in [0.25, 0.3) is 0 Å². The van der Waals surface area contributed by atoms with E-state index in [1.54, 1.807) is 24.3 Å². The third-order valence-corrected chi connectivity index (χ3v) is 7.48. The Bertz CT molecular complexity index is 997. The molecular formula is C24H30N2O4S. The van der Waals surface area contributed by atoms with Crippen molar-refractivity contribution in [3.63, 3.8) is 0 Å². The predicted molar refractivity (Wildman–Crippen MR) is 121 cm³/mol. The van der Waals surface area contributed by atoms with Gasteiger partial charge in [0, 0.05) is 24.5 Å². The zero-order valence-electron chi connectivity index (χ0n) is 17.9. The van der Waals surface area contributed by atoms with Crippen LogP contribution >= 0.6 is 0 Å². The van der Waals surface area contributed by atoms with Gasteiger partial charge in [0.05, 0.1) is 4.90 Å². The summed E-state index contributed by atoms with van der Waals surface area (Å²) >= 11 is 0. The van der Waals surface area contributed by atoms with Crippen molar-refractivity contribution in [2.24, 2.45) is 5.92 Å². The van der Waals surface area contributed by atoms with Crippen LogP contribution in [-0.4, -0.2) is 38.2 Å². The summed E-state index contributed by atoms with van der Waals surface area (Å²) in [4.78, 5) is 15.2. The Hall–Kier alpha value is -2.54. The minimum absolute atomic E-state index is 0.0156. The average Bonchev–Trinajstić information content (AvgIpc) is 3.26. The van der Waals surface area contributed by atoms with E-state index in [1.165, 1.54) is 50.5 Å². The summed E-state index contributed by atoms with van der Waals surface area (Å²) in [5.74, 6) is 1.81. The van der Waals surface area contributed by atoms with E-state index in [0.717, 1.165) is 25.1 Å². The minimum atomic E-state index is -3.23. The maximum absolute atomic E-state index is 12.9. The van der Waals surface area contributed by atoms with Crippen LogP contribution in [0.3, 0.4) is 0 Å². The number of benzene rings is 2. The Labute approximate surface area is 184 Å². The number of carbonyl (C=O) groups excluding carboxylic acids is 1. The van der Waals surface area contributed by atoms with Crippen molar-refractivity contribution in [3.8, 4) is 11.5 Å². The van der Waals surface area contributed by atoms with E-state index < -0.39 is 9.84 Å². The van der Waals surface area contributed by atoms with Crippen LogP contribution in [0.1, 0.15) is 44.9 Å². The van der Waals surface area contributed by atoms with Gasteiger partial charge in [-0.3, -0.25) is 0 Å². The van der Waals surface area contributed by atoms with Gasteiger partial charge in [0.1, 0.15) is 11.5 Å². The summed E-state index contributed by atoms with van der Waals surface area (Å²) in [5.41, 5.74) is 0.735. The highest BCUT2D eigenvalue weighted by Gasteiger charge is 2.35. The smallest absolute Gasteiger partial charge is 0.322 e. The molecule has 1 saturated carbocycles. The van der Waals surface area contributed by atoms with E-state index in [-0.39, 0.29) is 10.9 Å². The summed E-state index contributed by atoms with van der Waals surface area (Å²) in [5, 5.41) is 3.03. The molecule has 2 aromatic carbocycles. The zero-order chi connectivity index (χ0) is 21.8. The van der Waals surface area contributed by atoms with Gasteiger partial charge in [-0.05, 0) is 80.1 Å². The first kappa shape index (κ1) is 21.7. The molecule has 1 saturated heterocycles.